The van der Waals surface area contributed by atoms with Gasteiger partial charge in [-0.25, -0.2) is 0 Å². The molecular formula is C27H32Br2ClNO3. The van der Waals surface area contributed by atoms with Gasteiger partial charge in [0.2, 0.25) is 0 Å². The molecule has 4 nitrogen and oxygen atoms in total. The van der Waals surface area contributed by atoms with E-state index >= 15 is 0 Å². The molecule has 34 heavy (non-hydrogen) atoms. The molecule has 0 radical (unpaired) electrons. The Labute approximate surface area is 225 Å². The highest BCUT2D eigenvalue weighted by Gasteiger charge is 2.18. The van der Waals surface area contributed by atoms with Crippen LogP contribution >= 0.6 is 44.3 Å². The number of aliphatic hydroxyl groups excluding tert-OH is 1. The fourth-order valence-corrected chi connectivity index (χ4v) is 3.91. The van der Waals surface area contributed by atoms with Crippen LogP contribution in [0.1, 0.15) is 47.9 Å². The van der Waals surface area contributed by atoms with Crippen LogP contribution in [0.4, 0.5) is 0 Å². The lowest BCUT2D eigenvalue weighted by atomic mass is 10.0. The Morgan fingerprint density at radius 1 is 0.941 bits per heavy atom. The van der Waals surface area contributed by atoms with Gasteiger partial charge >= 0.3 is 0 Å². The second-order valence-electron chi connectivity index (χ2n) is 7.98. The predicted octanol–water partition coefficient (Wildman–Crippen LogP) is 6.87. The van der Waals surface area contributed by atoms with Gasteiger partial charge in [0.15, 0.2) is 5.78 Å². The highest BCUT2D eigenvalue weighted by molar-refractivity contribution is 9.10. The summed E-state index contributed by atoms with van der Waals surface area (Å²) in [5.41, 5.74) is 2.89. The minimum Gasteiger partial charge on any atom is -0.508 e. The number of benzene rings is 3. The normalized spacial score (nSPS) is 13.0. The molecule has 0 fully saturated rings. The second kappa shape index (κ2) is 16.1. The van der Waals surface area contributed by atoms with Crippen molar-refractivity contribution in [3.63, 3.8) is 0 Å². The summed E-state index contributed by atoms with van der Waals surface area (Å²) in [6.45, 7) is 4.12. The Balaban J connectivity index is 0.000000407. The van der Waals surface area contributed by atoms with Crippen LogP contribution in [0.3, 0.4) is 0 Å². The van der Waals surface area contributed by atoms with Crippen molar-refractivity contribution in [2.45, 2.75) is 44.9 Å². The fourth-order valence-electron chi connectivity index (χ4n) is 3.32. The number of aryl methyl sites for hydroxylation is 1. The van der Waals surface area contributed by atoms with Crippen LogP contribution in [0.15, 0.2) is 83.3 Å². The van der Waals surface area contributed by atoms with E-state index in [2.05, 4.69) is 68.4 Å². The zero-order valence-corrected chi connectivity index (χ0v) is 23.3. The first kappa shape index (κ1) is 30.3. The molecule has 7 heteroatoms. The van der Waals surface area contributed by atoms with E-state index in [1.54, 1.807) is 36.4 Å². The van der Waals surface area contributed by atoms with Crippen molar-refractivity contribution < 1.29 is 15.0 Å². The van der Waals surface area contributed by atoms with Gasteiger partial charge in [0.05, 0.1) is 11.4 Å². The molecule has 0 saturated heterocycles. The van der Waals surface area contributed by atoms with Crippen LogP contribution in [0.5, 0.6) is 5.75 Å². The van der Waals surface area contributed by atoms with Gasteiger partial charge in [0, 0.05) is 22.1 Å². The number of alkyl halides is 1. The standard InChI is InChI=1S/C19H25NO2.C8H6Br2O.ClH/c1-14(8-9-16-6-4-3-5-7-16)20-15(2)19(22)17-10-12-18(21)13-11-17;9-5-8(11)6-1-3-7(10)4-2-6;/h3-7,10-15,19-22H,8-9H2,1-2H3;1-4H,5H2;1H. The quantitative estimate of drug-likeness (QED) is 0.182. The van der Waals surface area contributed by atoms with Crippen molar-refractivity contribution in [3.8, 4) is 5.75 Å². The number of aliphatic hydroxyl groups is 1. The molecule has 0 aliphatic rings. The summed E-state index contributed by atoms with van der Waals surface area (Å²) in [5, 5.41) is 23.5. The first-order valence-electron chi connectivity index (χ1n) is 10.9. The zero-order chi connectivity index (χ0) is 24.2. The minimum atomic E-state index is -0.584. The van der Waals surface area contributed by atoms with Gasteiger partial charge < -0.3 is 15.5 Å². The smallest absolute Gasteiger partial charge is 0.173 e. The average molecular weight is 614 g/mol. The Morgan fingerprint density at radius 2 is 1.53 bits per heavy atom. The number of aromatic hydroxyl groups is 1. The van der Waals surface area contributed by atoms with Crippen LogP contribution in [0.25, 0.3) is 0 Å². The first-order chi connectivity index (χ1) is 15.8. The SMILES string of the molecule is CC(CCc1ccccc1)NC(C)C(O)c1ccc(O)cc1.Cl.O=C(CBr)c1ccc(Br)cc1. The Kier molecular flexibility index (Phi) is 14.3. The molecule has 0 amide bonds. The number of phenolic OH excluding ortho intramolecular Hbond substituents is 1. The maximum Gasteiger partial charge on any atom is 0.173 e. The van der Waals surface area contributed by atoms with Crippen molar-refractivity contribution in [1.82, 2.24) is 5.32 Å². The second-order valence-corrected chi connectivity index (χ2v) is 9.46. The molecule has 0 bridgehead atoms. The number of nitrogens with one attached hydrogen (secondary N) is 1. The largest absolute Gasteiger partial charge is 0.508 e. The number of ketones is 1. The van der Waals surface area contributed by atoms with E-state index in [9.17, 15) is 15.0 Å². The number of carbonyl (C=O) groups is 1. The van der Waals surface area contributed by atoms with Gasteiger partial charge in [0.25, 0.3) is 0 Å². The van der Waals surface area contributed by atoms with Gasteiger partial charge in [-0.15, -0.1) is 12.4 Å². The Morgan fingerprint density at radius 3 is 2.09 bits per heavy atom. The molecule has 3 aromatic rings. The number of hydrogen-bond donors (Lipinski definition) is 3. The summed E-state index contributed by atoms with van der Waals surface area (Å²) in [5.74, 6) is 0.324. The van der Waals surface area contributed by atoms with Gasteiger partial charge in [-0.3, -0.25) is 4.79 Å². The van der Waals surface area contributed by atoms with E-state index in [1.807, 2.05) is 25.1 Å². The maximum atomic E-state index is 11.1. The van der Waals surface area contributed by atoms with Gasteiger partial charge in [-0.05, 0) is 62.1 Å². The lowest BCUT2D eigenvalue weighted by Crippen LogP contribution is -2.38. The summed E-state index contributed by atoms with van der Waals surface area (Å²) in [6, 6.07) is 24.7. The van der Waals surface area contributed by atoms with Crippen LogP contribution in [0, 0.1) is 0 Å². The van der Waals surface area contributed by atoms with Crippen molar-refractivity contribution >= 4 is 50.1 Å². The Bertz CT molecular complexity index is 969. The minimum absolute atomic E-state index is 0. The summed E-state index contributed by atoms with van der Waals surface area (Å²) < 4.78 is 0.989. The topological polar surface area (TPSA) is 69.6 Å². The molecule has 0 aromatic heterocycles. The number of carbonyl (C=O) groups excluding carboxylic acids is 1. The molecule has 0 heterocycles. The van der Waals surface area contributed by atoms with E-state index in [4.69, 9.17) is 0 Å². The number of Topliss-reactive ketones (excluding diaryl/α,β-unsaturated/α-hetero) is 1. The molecule has 3 atom stereocenters. The third kappa shape index (κ3) is 10.7. The average Bonchev–Trinajstić information content (AvgIpc) is 2.84. The number of halogens is 3. The van der Waals surface area contributed by atoms with Crippen LogP contribution in [-0.4, -0.2) is 33.4 Å². The molecule has 0 spiro atoms. The molecule has 184 valence electrons. The predicted molar refractivity (Wildman–Crippen MR) is 149 cm³/mol. The van der Waals surface area contributed by atoms with E-state index in [1.165, 1.54) is 5.56 Å². The molecule has 3 N–H and O–H groups in total. The van der Waals surface area contributed by atoms with Gasteiger partial charge in [0.1, 0.15) is 5.75 Å². The third-order valence-electron chi connectivity index (χ3n) is 5.25. The molecule has 3 aromatic carbocycles. The first-order valence-corrected chi connectivity index (χ1v) is 12.8. The van der Waals surface area contributed by atoms with Gasteiger partial charge in [-0.2, -0.15) is 0 Å². The van der Waals surface area contributed by atoms with Crippen molar-refractivity contribution in [2.24, 2.45) is 0 Å². The Hall–Kier alpha value is -1.70. The molecule has 0 aliphatic heterocycles. The summed E-state index contributed by atoms with van der Waals surface area (Å²) in [7, 11) is 0. The lowest BCUT2D eigenvalue weighted by Gasteiger charge is -2.25. The van der Waals surface area contributed by atoms with Crippen molar-refractivity contribution in [2.75, 3.05) is 5.33 Å². The molecule has 3 rings (SSSR count). The zero-order valence-electron chi connectivity index (χ0n) is 19.3. The molecule has 0 saturated carbocycles. The monoisotopic (exact) mass is 611 g/mol. The number of phenols is 1. The summed E-state index contributed by atoms with van der Waals surface area (Å²) in [6.07, 6.45) is 1.47. The third-order valence-corrected chi connectivity index (χ3v) is 6.29. The van der Waals surface area contributed by atoms with Crippen molar-refractivity contribution in [3.05, 3.63) is 100 Å². The molecule has 3 unspecified atom stereocenters. The fraction of sp³-hybridized carbons (Fsp3) is 0.296. The summed E-state index contributed by atoms with van der Waals surface area (Å²) in [4.78, 5) is 11.1. The van der Waals surface area contributed by atoms with Crippen LogP contribution in [0.2, 0.25) is 0 Å². The summed E-state index contributed by atoms with van der Waals surface area (Å²) >= 11 is 6.40. The van der Waals surface area contributed by atoms with E-state index < -0.39 is 6.10 Å². The van der Waals surface area contributed by atoms with Crippen molar-refractivity contribution in [1.29, 1.82) is 0 Å². The number of hydrogen-bond acceptors (Lipinski definition) is 4. The highest BCUT2D eigenvalue weighted by Crippen LogP contribution is 2.20. The van der Waals surface area contributed by atoms with Crippen LogP contribution < -0.4 is 5.32 Å². The maximum absolute atomic E-state index is 11.1. The number of rotatable bonds is 9. The highest BCUT2D eigenvalue weighted by atomic mass is 79.9. The van der Waals surface area contributed by atoms with Crippen LogP contribution in [-0.2, 0) is 6.42 Å². The van der Waals surface area contributed by atoms with E-state index in [0.717, 1.165) is 28.4 Å². The lowest BCUT2D eigenvalue weighted by molar-refractivity contribution is 0.102. The van der Waals surface area contributed by atoms with E-state index in [-0.39, 0.29) is 30.0 Å². The van der Waals surface area contributed by atoms with Gasteiger partial charge in [-0.1, -0.05) is 86.5 Å². The van der Waals surface area contributed by atoms with E-state index in [0.29, 0.717) is 11.4 Å². The molecular weight excluding hydrogens is 582 g/mol. The molecule has 0 aliphatic carbocycles.